The van der Waals surface area contributed by atoms with Crippen molar-refractivity contribution in [3.8, 4) is 11.1 Å². The van der Waals surface area contributed by atoms with Crippen LogP contribution in [0.25, 0.3) is 11.1 Å². The van der Waals surface area contributed by atoms with Crippen LogP contribution in [-0.4, -0.2) is 35.2 Å². The third-order valence-corrected chi connectivity index (χ3v) is 4.83. The van der Waals surface area contributed by atoms with Gasteiger partial charge in [0.05, 0.1) is 12.2 Å². The largest absolute Gasteiger partial charge is 0.433 e. The van der Waals surface area contributed by atoms with E-state index in [-0.39, 0.29) is 17.5 Å². The van der Waals surface area contributed by atoms with Crippen LogP contribution in [0.5, 0.6) is 0 Å². The van der Waals surface area contributed by atoms with Crippen LogP contribution >= 0.6 is 0 Å². The van der Waals surface area contributed by atoms with E-state index in [4.69, 9.17) is 0 Å². The first-order valence-electron chi connectivity index (χ1n) is 8.24. The maximum atomic E-state index is 13.1. The summed E-state index contributed by atoms with van der Waals surface area (Å²) in [6, 6.07) is 4.92. The van der Waals surface area contributed by atoms with Crippen molar-refractivity contribution in [3.63, 3.8) is 0 Å². The first-order chi connectivity index (χ1) is 11.9. The highest BCUT2D eigenvalue weighted by Crippen LogP contribution is 2.38. The minimum atomic E-state index is -4.49. The van der Waals surface area contributed by atoms with Gasteiger partial charge in [0, 0.05) is 17.8 Å². The molecule has 0 aliphatic carbocycles. The van der Waals surface area contributed by atoms with Gasteiger partial charge in [-0.2, -0.15) is 18.3 Å². The molecule has 8 heteroatoms. The number of hydrogen-bond acceptors (Lipinski definition) is 3. The molecule has 0 bridgehead atoms. The molecule has 1 aromatic carbocycles. The lowest BCUT2D eigenvalue weighted by Gasteiger charge is -2.21. The van der Waals surface area contributed by atoms with Crippen LogP contribution in [0, 0.1) is 0 Å². The molecule has 3 heterocycles. The number of halogens is 3. The van der Waals surface area contributed by atoms with E-state index in [2.05, 4.69) is 10.4 Å². The van der Waals surface area contributed by atoms with Gasteiger partial charge in [0.2, 0.25) is 5.91 Å². The highest BCUT2D eigenvalue weighted by atomic mass is 19.4. The van der Waals surface area contributed by atoms with Crippen molar-refractivity contribution in [1.82, 2.24) is 15.5 Å². The van der Waals surface area contributed by atoms with Crippen LogP contribution in [0.3, 0.4) is 0 Å². The average Bonchev–Trinajstić information content (AvgIpc) is 3.31. The van der Waals surface area contributed by atoms with E-state index in [9.17, 15) is 18.0 Å². The van der Waals surface area contributed by atoms with Crippen molar-refractivity contribution in [2.75, 3.05) is 18.0 Å². The molecule has 2 aliphatic rings. The molecular formula is C17H17F3N4O. The van der Waals surface area contributed by atoms with E-state index in [1.165, 1.54) is 6.20 Å². The Kier molecular flexibility index (Phi) is 3.79. The minimum Gasteiger partial charge on any atom is -0.310 e. The van der Waals surface area contributed by atoms with E-state index >= 15 is 0 Å². The first-order valence-corrected chi connectivity index (χ1v) is 8.24. The number of nitrogens with one attached hydrogen (secondary N) is 2. The van der Waals surface area contributed by atoms with Crippen molar-refractivity contribution < 1.29 is 18.0 Å². The molecule has 25 heavy (non-hydrogen) atoms. The summed E-state index contributed by atoms with van der Waals surface area (Å²) in [5.74, 6) is 0.0447. The molecule has 1 amide bonds. The molecule has 1 fully saturated rings. The summed E-state index contributed by atoms with van der Waals surface area (Å²) in [7, 11) is 0. The lowest BCUT2D eigenvalue weighted by atomic mass is 10.0. The maximum absolute atomic E-state index is 13.1. The quantitative estimate of drug-likeness (QED) is 0.876. The lowest BCUT2D eigenvalue weighted by Crippen LogP contribution is -2.42. The van der Waals surface area contributed by atoms with Gasteiger partial charge in [-0.3, -0.25) is 9.89 Å². The number of H-pyrrole nitrogens is 1. The van der Waals surface area contributed by atoms with Crippen molar-refractivity contribution in [3.05, 3.63) is 35.7 Å². The molecule has 2 N–H and O–H groups in total. The van der Waals surface area contributed by atoms with Gasteiger partial charge in [-0.1, -0.05) is 6.07 Å². The highest BCUT2D eigenvalue weighted by molar-refractivity contribution is 5.99. The summed E-state index contributed by atoms with van der Waals surface area (Å²) < 4.78 is 39.2. The molecule has 1 aromatic heterocycles. The number of carbonyl (C=O) groups excluding carboxylic acids is 1. The molecule has 5 nitrogen and oxygen atoms in total. The normalized spacial score (nSPS) is 20.1. The average molecular weight is 350 g/mol. The number of aromatic nitrogens is 2. The molecule has 1 unspecified atom stereocenters. The number of hydrogen-bond donors (Lipinski definition) is 2. The SMILES string of the molecule is O=C(C1CCCN1)N1CCc2cc(-c3cn[nH]c3C(F)(F)F)ccc21. The van der Waals surface area contributed by atoms with Crippen molar-refractivity contribution in [1.29, 1.82) is 0 Å². The van der Waals surface area contributed by atoms with Crippen LogP contribution in [0.4, 0.5) is 18.9 Å². The summed E-state index contributed by atoms with van der Waals surface area (Å²) in [5, 5.41) is 8.76. The molecule has 1 atom stereocenters. The van der Waals surface area contributed by atoms with E-state index in [1.54, 1.807) is 23.1 Å². The number of anilines is 1. The third-order valence-electron chi connectivity index (χ3n) is 4.83. The summed E-state index contributed by atoms with van der Waals surface area (Å²) >= 11 is 0. The number of amides is 1. The van der Waals surface area contributed by atoms with Crippen LogP contribution < -0.4 is 10.2 Å². The van der Waals surface area contributed by atoms with E-state index in [0.29, 0.717) is 18.5 Å². The van der Waals surface area contributed by atoms with Gasteiger partial charge in [0.25, 0.3) is 0 Å². The zero-order valence-corrected chi connectivity index (χ0v) is 13.4. The zero-order valence-electron chi connectivity index (χ0n) is 13.4. The summed E-state index contributed by atoms with van der Waals surface area (Å²) in [6.07, 6.45) is -0.851. The number of nitrogens with zero attached hydrogens (tertiary/aromatic N) is 2. The molecule has 4 rings (SSSR count). The smallest absolute Gasteiger partial charge is 0.310 e. The summed E-state index contributed by atoms with van der Waals surface area (Å²) in [4.78, 5) is 14.3. The molecular weight excluding hydrogens is 333 g/mol. The van der Waals surface area contributed by atoms with Crippen LogP contribution in [0.2, 0.25) is 0 Å². The van der Waals surface area contributed by atoms with Gasteiger partial charge < -0.3 is 10.2 Å². The van der Waals surface area contributed by atoms with Crippen LogP contribution in [0.1, 0.15) is 24.1 Å². The summed E-state index contributed by atoms with van der Waals surface area (Å²) in [6.45, 7) is 1.41. The van der Waals surface area contributed by atoms with E-state index < -0.39 is 11.9 Å². The highest BCUT2D eigenvalue weighted by Gasteiger charge is 2.36. The fraction of sp³-hybridized carbons (Fsp3) is 0.412. The monoisotopic (exact) mass is 350 g/mol. The number of rotatable bonds is 2. The Balaban J connectivity index is 1.64. The van der Waals surface area contributed by atoms with Gasteiger partial charge in [-0.05, 0) is 49.1 Å². The van der Waals surface area contributed by atoms with Crippen LogP contribution in [0.15, 0.2) is 24.4 Å². The standard InChI is InChI=1S/C17H17F3N4O/c18-17(19,20)15-12(9-22-23-15)10-3-4-14-11(8-10)5-7-24(14)16(25)13-2-1-6-21-13/h3-4,8-9,13,21H,1-2,5-7H2,(H,22,23). The number of aromatic amines is 1. The summed E-state index contributed by atoms with van der Waals surface area (Å²) in [5.41, 5.74) is 1.30. The van der Waals surface area contributed by atoms with Crippen molar-refractivity contribution >= 4 is 11.6 Å². The Morgan fingerprint density at radius 3 is 2.88 bits per heavy atom. The molecule has 0 saturated carbocycles. The second kappa shape index (κ2) is 5.87. The molecule has 0 spiro atoms. The number of benzene rings is 1. The Labute approximate surface area is 142 Å². The molecule has 2 aliphatic heterocycles. The fourth-order valence-electron chi connectivity index (χ4n) is 3.60. The van der Waals surface area contributed by atoms with Gasteiger partial charge >= 0.3 is 6.18 Å². The number of alkyl halides is 3. The second-order valence-corrected chi connectivity index (χ2v) is 6.39. The number of carbonyl (C=O) groups is 1. The molecule has 0 radical (unpaired) electrons. The topological polar surface area (TPSA) is 61.0 Å². The lowest BCUT2D eigenvalue weighted by molar-refractivity contribution is -0.140. The van der Waals surface area contributed by atoms with E-state index in [0.717, 1.165) is 30.6 Å². The Bertz CT molecular complexity index is 808. The van der Waals surface area contributed by atoms with Crippen molar-refractivity contribution in [2.24, 2.45) is 0 Å². The third kappa shape index (κ3) is 2.80. The van der Waals surface area contributed by atoms with Gasteiger partial charge in [0.15, 0.2) is 0 Å². The number of fused-ring (bicyclic) bond motifs is 1. The van der Waals surface area contributed by atoms with E-state index in [1.807, 2.05) is 5.10 Å². The molecule has 2 aromatic rings. The molecule has 132 valence electrons. The predicted molar refractivity (Wildman–Crippen MR) is 86.1 cm³/mol. The van der Waals surface area contributed by atoms with Crippen LogP contribution in [-0.2, 0) is 17.4 Å². The minimum absolute atomic E-state index is 0.0255. The molecule has 1 saturated heterocycles. The van der Waals surface area contributed by atoms with Gasteiger partial charge in [-0.15, -0.1) is 0 Å². The van der Waals surface area contributed by atoms with Gasteiger partial charge in [-0.25, -0.2) is 0 Å². The Hall–Kier alpha value is -2.35. The second-order valence-electron chi connectivity index (χ2n) is 6.39. The first kappa shape index (κ1) is 16.1. The van der Waals surface area contributed by atoms with Gasteiger partial charge in [0.1, 0.15) is 5.69 Å². The van der Waals surface area contributed by atoms with Crippen molar-refractivity contribution in [2.45, 2.75) is 31.5 Å². The zero-order chi connectivity index (χ0) is 17.6. The Morgan fingerprint density at radius 2 is 2.16 bits per heavy atom. The predicted octanol–water partition coefficient (Wildman–Crippen LogP) is 2.74. The maximum Gasteiger partial charge on any atom is 0.433 e. The Morgan fingerprint density at radius 1 is 1.32 bits per heavy atom. The fourth-order valence-corrected chi connectivity index (χ4v) is 3.60.